The van der Waals surface area contributed by atoms with Gasteiger partial charge >= 0.3 is 0 Å². The summed E-state index contributed by atoms with van der Waals surface area (Å²) in [7, 11) is 0. The Morgan fingerprint density at radius 3 is 1.94 bits per heavy atom. The van der Waals surface area contributed by atoms with Crippen LogP contribution in [0.1, 0.15) is 36.5 Å². The summed E-state index contributed by atoms with van der Waals surface area (Å²) < 4.78 is 0. The van der Waals surface area contributed by atoms with E-state index in [1.54, 1.807) is 0 Å². The van der Waals surface area contributed by atoms with Crippen molar-refractivity contribution in [2.75, 3.05) is 11.4 Å². The van der Waals surface area contributed by atoms with Crippen LogP contribution < -0.4 is 4.90 Å². The Morgan fingerprint density at radius 1 is 0.750 bits per heavy atom. The molecule has 32 heavy (non-hydrogen) atoms. The maximum Gasteiger partial charge on any atom is 0.246 e. The van der Waals surface area contributed by atoms with Gasteiger partial charge in [-0.05, 0) is 24.6 Å². The summed E-state index contributed by atoms with van der Waals surface area (Å²) in [5, 5.41) is 2.16. The van der Waals surface area contributed by atoms with E-state index in [9.17, 15) is 4.79 Å². The molecule has 158 valence electrons. The van der Waals surface area contributed by atoms with Crippen molar-refractivity contribution in [3.63, 3.8) is 0 Å². The molecule has 0 spiro atoms. The highest BCUT2D eigenvalue weighted by Gasteiger charge is 2.55. The lowest BCUT2D eigenvalue weighted by molar-refractivity contribution is -0.120. The van der Waals surface area contributed by atoms with Gasteiger partial charge in [0.25, 0.3) is 0 Å². The summed E-state index contributed by atoms with van der Waals surface area (Å²) in [5.41, 5.74) is 5.25. The monoisotopic (exact) mass is 419 g/mol. The smallest absolute Gasteiger partial charge is 0.246 e. The molecule has 4 heteroatoms. The molecular formula is C28H25N3O. The fraction of sp³-hybridized carbons (Fsp3) is 0.179. The Bertz CT molecular complexity index is 1380. The third-order valence-electron chi connectivity index (χ3n) is 6.89. The van der Waals surface area contributed by atoms with Gasteiger partial charge in [-0.15, -0.1) is 0 Å². The highest BCUT2D eigenvalue weighted by Crippen LogP contribution is 2.53. The summed E-state index contributed by atoms with van der Waals surface area (Å²) in [6.07, 6.45) is 6.08. The average Bonchev–Trinajstić information content (AvgIpc) is 3.52. The number of amides is 1. The van der Waals surface area contributed by atoms with Gasteiger partial charge in [-0.1, -0.05) is 67.9 Å². The largest absolute Gasteiger partial charge is 0.361 e. The van der Waals surface area contributed by atoms with Crippen LogP contribution in [0.25, 0.3) is 21.8 Å². The molecule has 0 saturated heterocycles. The molecule has 1 amide bonds. The molecule has 4 nitrogen and oxygen atoms in total. The van der Waals surface area contributed by atoms with Gasteiger partial charge in [-0.3, -0.25) is 4.79 Å². The molecule has 1 aliphatic rings. The summed E-state index contributed by atoms with van der Waals surface area (Å²) in [5.74, 6) is 0.127. The number of fused-ring (bicyclic) bond motifs is 3. The molecule has 0 radical (unpaired) electrons. The molecular weight excluding hydrogens is 394 g/mol. The number of unbranched alkanes of at least 4 members (excludes halogenated alkanes) is 1. The van der Waals surface area contributed by atoms with Gasteiger partial charge in [-0.2, -0.15) is 0 Å². The van der Waals surface area contributed by atoms with E-state index in [-0.39, 0.29) is 5.91 Å². The maximum atomic E-state index is 14.6. The van der Waals surface area contributed by atoms with Gasteiger partial charge in [0, 0.05) is 63.1 Å². The number of rotatable bonds is 5. The van der Waals surface area contributed by atoms with Gasteiger partial charge in [0.1, 0.15) is 5.41 Å². The number of para-hydroxylation sites is 3. The van der Waals surface area contributed by atoms with Crippen LogP contribution in [0.15, 0.2) is 85.2 Å². The predicted octanol–water partition coefficient (Wildman–Crippen LogP) is 6.13. The number of carbonyl (C=O) groups excluding carboxylic acids is 1. The zero-order valence-electron chi connectivity index (χ0n) is 18.1. The molecule has 0 fully saturated rings. The topological polar surface area (TPSA) is 51.9 Å². The SMILES string of the molecule is CCCCN1C(=O)C(c2c[nH]c3ccccc23)(c2c[nH]c3ccccc23)c2ccccc21. The van der Waals surface area contributed by atoms with E-state index in [4.69, 9.17) is 0 Å². The second-order valence-corrected chi connectivity index (χ2v) is 8.57. The Kier molecular flexibility index (Phi) is 4.22. The predicted molar refractivity (Wildman–Crippen MR) is 130 cm³/mol. The number of benzene rings is 3. The molecule has 5 aromatic rings. The summed E-state index contributed by atoms with van der Waals surface area (Å²) in [6, 6.07) is 24.8. The van der Waals surface area contributed by atoms with Crippen molar-refractivity contribution >= 4 is 33.4 Å². The van der Waals surface area contributed by atoms with Crippen LogP contribution in [-0.2, 0) is 10.2 Å². The number of hydrogen-bond acceptors (Lipinski definition) is 1. The van der Waals surface area contributed by atoms with E-state index >= 15 is 0 Å². The molecule has 0 aliphatic carbocycles. The molecule has 2 aromatic heterocycles. The molecule has 3 heterocycles. The maximum absolute atomic E-state index is 14.6. The van der Waals surface area contributed by atoms with E-state index in [1.807, 2.05) is 53.7 Å². The summed E-state index contributed by atoms with van der Waals surface area (Å²) >= 11 is 0. The second kappa shape index (κ2) is 7.13. The first-order chi connectivity index (χ1) is 15.8. The molecule has 0 bridgehead atoms. The molecule has 3 aromatic carbocycles. The van der Waals surface area contributed by atoms with E-state index in [1.165, 1.54) is 0 Å². The van der Waals surface area contributed by atoms with Crippen molar-refractivity contribution in [1.82, 2.24) is 9.97 Å². The van der Waals surface area contributed by atoms with Crippen LogP contribution in [0.2, 0.25) is 0 Å². The van der Waals surface area contributed by atoms with E-state index in [0.717, 1.165) is 63.6 Å². The van der Waals surface area contributed by atoms with Crippen molar-refractivity contribution in [3.8, 4) is 0 Å². The molecule has 0 atom stereocenters. The fourth-order valence-corrected chi connectivity index (χ4v) is 5.42. The lowest BCUT2D eigenvalue weighted by Crippen LogP contribution is -2.42. The molecule has 0 unspecified atom stereocenters. The number of nitrogens with one attached hydrogen (secondary N) is 2. The Balaban J connectivity index is 1.74. The van der Waals surface area contributed by atoms with Crippen molar-refractivity contribution < 1.29 is 4.79 Å². The minimum Gasteiger partial charge on any atom is -0.361 e. The lowest BCUT2D eigenvalue weighted by atomic mass is 9.70. The van der Waals surface area contributed by atoms with Crippen molar-refractivity contribution in [3.05, 3.63) is 102 Å². The van der Waals surface area contributed by atoms with Gasteiger partial charge in [0.05, 0.1) is 0 Å². The first-order valence-electron chi connectivity index (χ1n) is 11.3. The van der Waals surface area contributed by atoms with Crippen molar-refractivity contribution in [2.24, 2.45) is 0 Å². The number of aromatic nitrogens is 2. The van der Waals surface area contributed by atoms with Crippen LogP contribution in [0.3, 0.4) is 0 Å². The molecule has 6 rings (SSSR count). The number of aromatic amines is 2. The highest BCUT2D eigenvalue weighted by molar-refractivity contribution is 6.16. The Labute approximate surface area is 186 Å². The van der Waals surface area contributed by atoms with E-state index in [0.29, 0.717) is 0 Å². The number of H-pyrrole nitrogens is 2. The van der Waals surface area contributed by atoms with Gasteiger partial charge in [0.2, 0.25) is 5.91 Å². The zero-order valence-corrected chi connectivity index (χ0v) is 18.1. The number of nitrogens with zero attached hydrogens (tertiary/aromatic N) is 1. The van der Waals surface area contributed by atoms with Crippen LogP contribution in [0, 0.1) is 0 Å². The van der Waals surface area contributed by atoms with Crippen LogP contribution in [-0.4, -0.2) is 22.4 Å². The number of hydrogen-bond donors (Lipinski definition) is 2. The Hall–Kier alpha value is -3.79. The van der Waals surface area contributed by atoms with Crippen LogP contribution in [0.4, 0.5) is 5.69 Å². The van der Waals surface area contributed by atoms with Gasteiger partial charge < -0.3 is 14.9 Å². The standard InChI is InChI=1S/C28H25N3O/c1-2-3-16-31-26-15-9-6-12-21(26)28(27(31)32,22-17-29-24-13-7-4-10-19(22)24)23-18-30-25-14-8-5-11-20(23)25/h4-15,17-18,29-30H,2-3,16H2,1H3. The van der Waals surface area contributed by atoms with Crippen molar-refractivity contribution in [2.45, 2.75) is 25.2 Å². The molecule has 1 aliphatic heterocycles. The quantitative estimate of drug-likeness (QED) is 0.354. The first kappa shape index (κ1) is 18.9. The third-order valence-corrected chi connectivity index (χ3v) is 6.89. The average molecular weight is 420 g/mol. The molecule has 0 saturated carbocycles. The zero-order chi connectivity index (χ0) is 21.7. The number of carbonyl (C=O) groups is 1. The van der Waals surface area contributed by atoms with Crippen LogP contribution >= 0.6 is 0 Å². The highest BCUT2D eigenvalue weighted by atomic mass is 16.2. The summed E-state index contributed by atoms with van der Waals surface area (Å²) in [4.78, 5) is 23.4. The minimum atomic E-state index is -0.913. The van der Waals surface area contributed by atoms with Gasteiger partial charge in [0.15, 0.2) is 0 Å². The van der Waals surface area contributed by atoms with Crippen molar-refractivity contribution in [1.29, 1.82) is 0 Å². The Morgan fingerprint density at radius 2 is 1.31 bits per heavy atom. The molecule has 2 N–H and O–H groups in total. The fourth-order valence-electron chi connectivity index (χ4n) is 5.42. The van der Waals surface area contributed by atoms with Gasteiger partial charge in [-0.25, -0.2) is 0 Å². The first-order valence-corrected chi connectivity index (χ1v) is 11.3. The minimum absolute atomic E-state index is 0.127. The van der Waals surface area contributed by atoms with Crippen LogP contribution in [0.5, 0.6) is 0 Å². The second-order valence-electron chi connectivity index (χ2n) is 8.57. The number of anilines is 1. The van der Waals surface area contributed by atoms with E-state index < -0.39 is 5.41 Å². The summed E-state index contributed by atoms with van der Waals surface area (Å²) in [6.45, 7) is 2.89. The lowest BCUT2D eigenvalue weighted by Gasteiger charge is -2.29. The van der Waals surface area contributed by atoms with E-state index in [2.05, 4.69) is 53.3 Å². The normalized spacial score (nSPS) is 15.0. The third kappa shape index (κ3) is 2.41.